The Hall–Kier alpha value is -1.08. The Morgan fingerprint density at radius 2 is 1.93 bits per heavy atom. The molecule has 0 N–H and O–H groups in total. The van der Waals surface area contributed by atoms with Crippen LogP contribution < -0.4 is 0 Å². The highest BCUT2D eigenvalue weighted by atomic mass is 79.9. The number of halogens is 1. The van der Waals surface area contributed by atoms with Crippen molar-refractivity contribution in [3.8, 4) is 11.1 Å². The van der Waals surface area contributed by atoms with Gasteiger partial charge in [0.15, 0.2) is 0 Å². The van der Waals surface area contributed by atoms with Crippen molar-refractivity contribution in [1.82, 2.24) is 0 Å². The third-order valence-electron chi connectivity index (χ3n) is 3.02. The molecular weight excluding hydrogens is 248 g/mol. The lowest BCUT2D eigenvalue weighted by molar-refractivity contribution is 1.25. The van der Waals surface area contributed by atoms with Gasteiger partial charge in [0.05, 0.1) is 0 Å². The molecular formula is C14H11Br. The summed E-state index contributed by atoms with van der Waals surface area (Å²) in [4.78, 5) is 0. The zero-order chi connectivity index (χ0) is 10.4. The van der Waals surface area contributed by atoms with E-state index in [1.807, 2.05) is 0 Å². The van der Waals surface area contributed by atoms with Gasteiger partial charge < -0.3 is 0 Å². The van der Waals surface area contributed by atoms with Crippen LogP contribution >= 0.6 is 15.9 Å². The summed E-state index contributed by atoms with van der Waals surface area (Å²) in [5, 5.41) is 0. The molecule has 0 saturated carbocycles. The molecule has 74 valence electrons. The second-order valence-electron chi connectivity index (χ2n) is 4.11. The molecule has 3 rings (SSSR count). The van der Waals surface area contributed by atoms with Crippen molar-refractivity contribution < 1.29 is 0 Å². The van der Waals surface area contributed by atoms with Crippen molar-refractivity contribution in [2.45, 2.75) is 13.3 Å². The average Bonchev–Trinajstić information content (AvgIpc) is 2.57. The molecule has 0 aliphatic heterocycles. The zero-order valence-corrected chi connectivity index (χ0v) is 10.1. The van der Waals surface area contributed by atoms with Gasteiger partial charge in [-0.3, -0.25) is 0 Å². The van der Waals surface area contributed by atoms with Gasteiger partial charge in [-0.15, -0.1) is 0 Å². The highest BCUT2D eigenvalue weighted by Crippen LogP contribution is 2.41. The highest BCUT2D eigenvalue weighted by molar-refractivity contribution is 9.10. The summed E-state index contributed by atoms with van der Waals surface area (Å²) in [6.07, 6.45) is 1.07. The summed E-state index contributed by atoms with van der Waals surface area (Å²) in [7, 11) is 0. The van der Waals surface area contributed by atoms with Gasteiger partial charge >= 0.3 is 0 Å². The first kappa shape index (κ1) is 9.17. The molecule has 0 fully saturated rings. The molecule has 2 aromatic rings. The maximum absolute atomic E-state index is 3.64. The molecule has 0 heterocycles. The Morgan fingerprint density at radius 1 is 1.07 bits per heavy atom. The Balaban J connectivity index is 2.33. The van der Waals surface area contributed by atoms with Crippen molar-refractivity contribution in [2.24, 2.45) is 0 Å². The quantitative estimate of drug-likeness (QED) is 0.563. The van der Waals surface area contributed by atoms with E-state index in [4.69, 9.17) is 0 Å². The van der Waals surface area contributed by atoms with Crippen molar-refractivity contribution in [2.75, 3.05) is 0 Å². The Labute approximate surface area is 98.1 Å². The van der Waals surface area contributed by atoms with Crippen molar-refractivity contribution in [1.29, 1.82) is 0 Å². The molecule has 1 heteroatoms. The lowest BCUT2D eigenvalue weighted by Crippen LogP contribution is -1.80. The maximum Gasteiger partial charge on any atom is 0.0256 e. The van der Waals surface area contributed by atoms with E-state index >= 15 is 0 Å². The van der Waals surface area contributed by atoms with Crippen LogP contribution in [0.25, 0.3) is 11.1 Å². The molecule has 0 unspecified atom stereocenters. The Morgan fingerprint density at radius 3 is 2.80 bits per heavy atom. The van der Waals surface area contributed by atoms with Gasteiger partial charge in [0, 0.05) is 4.47 Å². The Bertz CT molecular complexity index is 541. The van der Waals surface area contributed by atoms with E-state index in [0.717, 1.165) is 6.42 Å². The lowest BCUT2D eigenvalue weighted by atomic mass is 10.0. The first-order chi connectivity index (χ1) is 7.25. The van der Waals surface area contributed by atoms with Gasteiger partial charge in [-0.1, -0.05) is 51.8 Å². The fraction of sp³-hybridized carbons (Fsp3) is 0.143. The number of fused-ring (bicyclic) bond motifs is 3. The summed E-state index contributed by atoms with van der Waals surface area (Å²) in [6.45, 7) is 2.15. The molecule has 0 radical (unpaired) electrons. The van der Waals surface area contributed by atoms with E-state index in [1.54, 1.807) is 0 Å². The minimum atomic E-state index is 1.07. The molecule has 0 bridgehead atoms. The standard InChI is InChI=1S/C14H11Br/c1-9-5-6-10-8-11-3-2-4-13(15)14(11)12(10)7-9/h2-7H,8H2,1H3. The molecule has 0 saturated heterocycles. The Kier molecular flexibility index (Phi) is 1.96. The molecule has 0 amide bonds. The van der Waals surface area contributed by atoms with Gasteiger partial charge in [0.1, 0.15) is 0 Å². The first-order valence-corrected chi connectivity index (χ1v) is 5.92. The van der Waals surface area contributed by atoms with Crippen LogP contribution in [-0.4, -0.2) is 0 Å². The summed E-state index contributed by atoms with van der Waals surface area (Å²) in [5.41, 5.74) is 7.00. The van der Waals surface area contributed by atoms with E-state index in [0.29, 0.717) is 0 Å². The SMILES string of the molecule is Cc1ccc2c(c1)-c1c(Br)cccc1C2. The van der Waals surface area contributed by atoms with Crippen LogP contribution in [0.2, 0.25) is 0 Å². The number of hydrogen-bond donors (Lipinski definition) is 0. The topological polar surface area (TPSA) is 0 Å². The highest BCUT2D eigenvalue weighted by Gasteiger charge is 2.19. The van der Waals surface area contributed by atoms with Crippen molar-refractivity contribution in [3.05, 3.63) is 57.6 Å². The molecule has 15 heavy (non-hydrogen) atoms. The molecule has 0 spiro atoms. The van der Waals surface area contributed by atoms with E-state index in [1.165, 1.54) is 32.3 Å². The number of rotatable bonds is 0. The van der Waals surface area contributed by atoms with Gasteiger partial charge in [-0.05, 0) is 41.7 Å². The predicted octanol–water partition coefficient (Wildman–Crippen LogP) is 4.33. The second kappa shape index (κ2) is 3.21. The predicted molar refractivity (Wildman–Crippen MR) is 67.1 cm³/mol. The number of benzene rings is 2. The van der Waals surface area contributed by atoms with Gasteiger partial charge in [-0.25, -0.2) is 0 Å². The number of hydrogen-bond acceptors (Lipinski definition) is 0. The molecule has 1 aliphatic carbocycles. The van der Waals surface area contributed by atoms with Crippen LogP contribution in [0, 0.1) is 6.92 Å². The molecule has 0 atom stereocenters. The summed E-state index contributed by atoms with van der Waals surface area (Å²) in [6, 6.07) is 13.2. The first-order valence-electron chi connectivity index (χ1n) is 5.13. The van der Waals surface area contributed by atoms with Crippen LogP contribution in [0.15, 0.2) is 40.9 Å². The maximum atomic E-state index is 3.64. The van der Waals surface area contributed by atoms with Crippen LogP contribution in [0.1, 0.15) is 16.7 Å². The zero-order valence-electron chi connectivity index (χ0n) is 8.55. The van der Waals surface area contributed by atoms with Crippen molar-refractivity contribution >= 4 is 15.9 Å². The fourth-order valence-corrected chi connectivity index (χ4v) is 2.92. The van der Waals surface area contributed by atoms with Gasteiger partial charge in [-0.2, -0.15) is 0 Å². The average molecular weight is 259 g/mol. The summed E-state index contributed by atoms with van der Waals surface area (Å²) < 4.78 is 1.21. The lowest BCUT2D eigenvalue weighted by Gasteiger charge is -2.04. The normalized spacial score (nSPS) is 12.4. The summed E-state index contributed by atoms with van der Waals surface area (Å²) in [5.74, 6) is 0. The monoisotopic (exact) mass is 258 g/mol. The van der Waals surface area contributed by atoms with Crippen LogP contribution in [0.3, 0.4) is 0 Å². The third-order valence-corrected chi connectivity index (χ3v) is 3.68. The van der Waals surface area contributed by atoms with E-state index < -0.39 is 0 Å². The number of aryl methyl sites for hydroxylation is 1. The second-order valence-corrected chi connectivity index (χ2v) is 4.97. The smallest absolute Gasteiger partial charge is 0.0256 e. The third kappa shape index (κ3) is 1.34. The minimum absolute atomic E-state index is 1.07. The van der Waals surface area contributed by atoms with Crippen LogP contribution in [-0.2, 0) is 6.42 Å². The van der Waals surface area contributed by atoms with E-state index in [9.17, 15) is 0 Å². The molecule has 1 aliphatic rings. The van der Waals surface area contributed by atoms with E-state index in [-0.39, 0.29) is 0 Å². The van der Waals surface area contributed by atoms with Crippen LogP contribution in [0.4, 0.5) is 0 Å². The van der Waals surface area contributed by atoms with Gasteiger partial charge in [0.2, 0.25) is 0 Å². The van der Waals surface area contributed by atoms with Crippen LogP contribution in [0.5, 0.6) is 0 Å². The van der Waals surface area contributed by atoms with E-state index in [2.05, 4.69) is 59.3 Å². The molecule has 0 nitrogen and oxygen atoms in total. The fourth-order valence-electron chi connectivity index (χ4n) is 2.30. The largest absolute Gasteiger partial charge is 0.0608 e. The minimum Gasteiger partial charge on any atom is -0.0608 e. The summed E-state index contributed by atoms with van der Waals surface area (Å²) >= 11 is 3.64. The molecule has 0 aromatic heterocycles. The van der Waals surface area contributed by atoms with Gasteiger partial charge in [0.25, 0.3) is 0 Å². The van der Waals surface area contributed by atoms with Crippen molar-refractivity contribution in [3.63, 3.8) is 0 Å². The molecule has 2 aromatic carbocycles.